The molecule has 158 valence electrons. The second-order valence-electron chi connectivity index (χ2n) is 6.92. The molecule has 0 aliphatic rings. The molecule has 3 aromatic rings. The van der Waals surface area contributed by atoms with E-state index in [1.54, 1.807) is 19.1 Å². The van der Waals surface area contributed by atoms with Crippen LogP contribution in [0.5, 0.6) is 11.5 Å². The van der Waals surface area contributed by atoms with Crippen LogP contribution in [0.4, 0.5) is 5.69 Å². The van der Waals surface area contributed by atoms with E-state index in [0.717, 1.165) is 11.3 Å². The summed E-state index contributed by atoms with van der Waals surface area (Å²) < 4.78 is 12.5. The van der Waals surface area contributed by atoms with E-state index in [2.05, 4.69) is 10.2 Å². The molecule has 2 aromatic carbocycles. The highest BCUT2D eigenvalue weighted by Gasteiger charge is 2.21. The third kappa shape index (κ3) is 4.59. The van der Waals surface area contributed by atoms with Gasteiger partial charge in [-0.1, -0.05) is 30.0 Å². The van der Waals surface area contributed by atoms with Crippen molar-refractivity contribution in [2.24, 2.45) is 7.05 Å². The molecule has 0 unspecified atom stereocenters. The quantitative estimate of drug-likeness (QED) is 0.507. The van der Waals surface area contributed by atoms with Gasteiger partial charge in [-0.2, -0.15) is 0 Å². The summed E-state index contributed by atoms with van der Waals surface area (Å²) in [7, 11) is 5.08. The second kappa shape index (κ2) is 9.67. The zero-order chi connectivity index (χ0) is 21.7. The summed E-state index contributed by atoms with van der Waals surface area (Å²) >= 11 is 1.37. The van der Waals surface area contributed by atoms with Gasteiger partial charge in [0.15, 0.2) is 22.5 Å². The van der Waals surface area contributed by atoms with E-state index in [-0.39, 0.29) is 17.7 Å². The molecule has 0 N–H and O–H groups in total. The lowest BCUT2D eigenvalue weighted by molar-refractivity contribution is -0.116. The van der Waals surface area contributed by atoms with Crippen LogP contribution in [0.15, 0.2) is 53.7 Å². The number of aromatic nitrogens is 3. The number of amides is 1. The molecule has 0 atom stereocenters. The standard InChI is InChI=1S/C22H26N4O3S/c1-15(2)26(17-9-7-6-8-10-17)20(27)14-30-22-24-23-21(25(22)3)16-11-12-18(28-4)19(13-16)29-5/h6-13,15H,14H2,1-5H3. The smallest absolute Gasteiger partial charge is 0.237 e. The van der Waals surface area contributed by atoms with Gasteiger partial charge >= 0.3 is 0 Å². The van der Waals surface area contributed by atoms with Gasteiger partial charge in [0.25, 0.3) is 0 Å². The summed E-state index contributed by atoms with van der Waals surface area (Å²) in [4.78, 5) is 14.7. The lowest BCUT2D eigenvalue weighted by atomic mass is 10.2. The first-order valence-electron chi connectivity index (χ1n) is 9.58. The molecule has 0 aliphatic carbocycles. The summed E-state index contributed by atoms with van der Waals surface area (Å²) in [6.07, 6.45) is 0. The molecule has 1 aromatic heterocycles. The van der Waals surface area contributed by atoms with Crippen molar-refractivity contribution in [3.63, 3.8) is 0 Å². The lowest BCUT2D eigenvalue weighted by Crippen LogP contribution is -2.38. The molecule has 0 bridgehead atoms. The van der Waals surface area contributed by atoms with Gasteiger partial charge in [0.1, 0.15) is 0 Å². The summed E-state index contributed by atoms with van der Waals surface area (Å²) in [6.45, 7) is 4.01. The Labute approximate surface area is 181 Å². The van der Waals surface area contributed by atoms with Crippen LogP contribution in [0, 0.1) is 0 Å². The Hall–Kier alpha value is -3.00. The van der Waals surface area contributed by atoms with E-state index in [9.17, 15) is 4.79 Å². The van der Waals surface area contributed by atoms with E-state index >= 15 is 0 Å². The van der Waals surface area contributed by atoms with Crippen LogP contribution in [-0.2, 0) is 11.8 Å². The van der Waals surface area contributed by atoms with Crippen molar-refractivity contribution in [3.05, 3.63) is 48.5 Å². The predicted molar refractivity (Wildman–Crippen MR) is 119 cm³/mol. The van der Waals surface area contributed by atoms with E-state index in [0.29, 0.717) is 22.5 Å². The Morgan fingerprint density at radius 1 is 1.07 bits per heavy atom. The number of anilines is 1. The largest absolute Gasteiger partial charge is 0.493 e. The van der Waals surface area contributed by atoms with Crippen LogP contribution in [-0.4, -0.2) is 46.7 Å². The van der Waals surface area contributed by atoms with Crippen molar-refractivity contribution in [2.75, 3.05) is 24.9 Å². The zero-order valence-electron chi connectivity index (χ0n) is 17.8. The van der Waals surface area contributed by atoms with Crippen LogP contribution in [0.25, 0.3) is 11.4 Å². The molecule has 30 heavy (non-hydrogen) atoms. The fourth-order valence-electron chi connectivity index (χ4n) is 3.18. The Morgan fingerprint density at radius 2 is 1.77 bits per heavy atom. The van der Waals surface area contributed by atoms with Crippen molar-refractivity contribution < 1.29 is 14.3 Å². The zero-order valence-corrected chi connectivity index (χ0v) is 18.6. The van der Waals surface area contributed by atoms with Crippen LogP contribution < -0.4 is 14.4 Å². The molecule has 8 heteroatoms. The van der Waals surface area contributed by atoms with Crippen molar-refractivity contribution in [2.45, 2.75) is 25.0 Å². The van der Waals surface area contributed by atoms with Gasteiger partial charge in [0, 0.05) is 24.3 Å². The third-order valence-electron chi connectivity index (χ3n) is 4.62. The Morgan fingerprint density at radius 3 is 2.40 bits per heavy atom. The summed E-state index contributed by atoms with van der Waals surface area (Å²) in [5, 5.41) is 9.25. The van der Waals surface area contributed by atoms with Gasteiger partial charge in [-0.3, -0.25) is 4.79 Å². The monoisotopic (exact) mass is 426 g/mol. The molecule has 0 aliphatic heterocycles. The number of hydrogen-bond acceptors (Lipinski definition) is 6. The Kier molecular flexibility index (Phi) is 6.99. The van der Waals surface area contributed by atoms with Gasteiger partial charge in [-0.25, -0.2) is 0 Å². The highest BCUT2D eigenvalue weighted by atomic mass is 32.2. The molecule has 0 saturated heterocycles. The lowest BCUT2D eigenvalue weighted by Gasteiger charge is -2.26. The van der Waals surface area contributed by atoms with Crippen LogP contribution in [0.3, 0.4) is 0 Å². The van der Waals surface area contributed by atoms with Gasteiger partial charge < -0.3 is 18.9 Å². The average Bonchev–Trinajstić information content (AvgIpc) is 3.12. The predicted octanol–water partition coefficient (Wildman–Crippen LogP) is 4.03. The van der Waals surface area contributed by atoms with Crippen LogP contribution >= 0.6 is 11.8 Å². The van der Waals surface area contributed by atoms with Gasteiger partial charge in [0.2, 0.25) is 5.91 Å². The number of hydrogen-bond donors (Lipinski definition) is 0. The first-order valence-corrected chi connectivity index (χ1v) is 10.6. The molecule has 0 spiro atoms. The van der Waals surface area contributed by atoms with Gasteiger partial charge in [-0.15, -0.1) is 10.2 Å². The molecule has 1 amide bonds. The molecular weight excluding hydrogens is 400 g/mol. The third-order valence-corrected chi connectivity index (χ3v) is 5.63. The normalized spacial score (nSPS) is 10.9. The van der Waals surface area contributed by atoms with Crippen molar-refractivity contribution in [1.82, 2.24) is 14.8 Å². The Bertz CT molecular complexity index is 1000. The van der Waals surface area contributed by atoms with Crippen molar-refractivity contribution in [1.29, 1.82) is 0 Å². The van der Waals surface area contributed by atoms with E-state index in [4.69, 9.17) is 9.47 Å². The van der Waals surface area contributed by atoms with Crippen LogP contribution in [0.2, 0.25) is 0 Å². The Balaban J connectivity index is 1.76. The molecular formula is C22H26N4O3S. The number of nitrogens with zero attached hydrogens (tertiary/aromatic N) is 4. The SMILES string of the molecule is COc1ccc(-c2nnc(SCC(=O)N(c3ccccc3)C(C)C)n2C)cc1OC. The average molecular weight is 427 g/mol. The first kappa shape index (κ1) is 21.7. The maximum atomic E-state index is 12.9. The number of carbonyl (C=O) groups excluding carboxylic acids is 1. The summed E-state index contributed by atoms with van der Waals surface area (Å²) in [5.74, 6) is 2.26. The second-order valence-corrected chi connectivity index (χ2v) is 7.86. The molecule has 0 radical (unpaired) electrons. The molecule has 0 fully saturated rings. The topological polar surface area (TPSA) is 69.5 Å². The number of benzene rings is 2. The summed E-state index contributed by atoms with van der Waals surface area (Å²) in [5.41, 5.74) is 1.75. The minimum atomic E-state index is 0.0249. The number of ether oxygens (including phenoxy) is 2. The minimum absolute atomic E-state index is 0.0249. The van der Waals surface area contributed by atoms with Gasteiger partial charge in [-0.05, 0) is 44.2 Å². The number of carbonyl (C=O) groups is 1. The number of para-hydroxylation sites is 1. The van der Waals surface area contributed by atoms with E-state index < -0.39 is 0 Å². The van der Waals surface area contributed by atoms with Crippen LogP contribution in [0.1, 0.15) is 13.8 Å². The molecule has 0 saturated carbocycles. The van der Waals surface area contributed by atoms with Crippen molar-refractivity contribution in [3.8, 4) is 22.9 Å². The number of thioether (sulfide) groups is 1. The first-order chi connectivity index (χ1) is 14.5. The maximum absolute atomic E-state index is 12.9. The minimum Gasteiger partial charge on any atom is -0.493 e. The van der Waals surface area contributed by atoms with E-state index in [1.807, 2.05) is 74.0 Å². The number of rotatable bonds is 8. The fraction of sp³-hybridized carbons (Fsp3) is 0.318. The number of methoxy groups -OCH3 is 2. The van der Waals surface area contributed by atoms with Crippen molar-refractivity contribution >= 4 is 23.4 Å². The molecule has 1 heterocycles. The summed E-state index contributed by atoms with van der Waals surface area (Å²) in [6, 6.07) is 15.4. The fourth-order valence-corrected chi connectivity index (χ4v) is 3.95. The van der Waals surface area contributed by atoms with E-state index in [1.165, 1.54) is 11.8 Å². The maximum Gasteiger partial charge on any atom is 0.237 e. The highest BCUT2D eigenvalue weighted by molar-refractivity contribution is 7.99. The molecule has 3 rings (SSSR count). The van der Waals surface area contributed by atoms with Gasteiger partial charge in [0.05, 0.1) is 20.0 Å². The molecule has 7 nitrogen and oxygen atoms in total. The highest BCUT2D eigenvalue weighted by Crippen LogP contribution is 2.32.